The van der Waals surface area contributed by atoms with Gasteiger partial charge >= 0.3 is 18.2 Å². The highest BCUT2D eigenvalue weighted by molar-refractivity contribution is 6.02. The molecular formula is C42H47F4N7O7. The van der Waals surface area contributed by atoms with Crippen molar-refractivity contribution in [1.82, 2.24) is 30.1 Å². The number of aromatic nitrogens is 3. The molecule has 0 saturated carbocycles. The number of nitrogens with zero attached hydrogens (tertiary/aromatic N) is 6. The molecule has 2 aromatic carbocycles. The number of amides is 2. The molecule has 320 valence electrons. The van der Waals surface area contributed by atoms with Crippen LogP contribution in [-0.4, -0.2) is 135 Å². The Hall–Kier alpha value is -5.07. The number of ether oxygens (including phenoxy) is 3. The minimum absolute atomic E-state index is 0.00679. The van der Waals surface area contributed by atoms with E-state index in [9.17, 15) is 24.2 Å². The molecule has 8 heterocycles. The predicted octanol–water partition coefficient (Wildman–Crippen LogP) is 5.38. The molecule has 4 fully saturated rings. The monoisotopic (exact) mass is 837 g/mol. The average Bonchev–Trinajstić information content (AvgIpc) is 3.74. The number of aliphatic hydroxyl groups is 2. The number of hydrogen-bond donors (Lipinski definition) is 3. The number of piperidine rings is 2. The number of aliphatic hydroxyl groups excluding tert-OH is 1. The van der Waals surface area contributed by atoms with E-state index < -0.39 is 59.5 Å². The Bertz CT molecular complexity index is 2350. The molecule has 4 saturated heterocycles. The second kappa shape index (κ2) is 15.4. The van der Waals surface area contributed by atoms with Crippen LogP contribution in [0.1, 0.15) is 57.4 Å². The summed E-state index contributed by atoms with van der Waals surface area (Å²) in [5, 5.41) is 23.7. The molecular weight excluding hydrogens is 790 g/mol. The molecule has 6 aliphatic heterocycles. The molecule has 60 heavy (non-hydrogen) atoms. The fourth-order valence-electron chi connectivity index (χ4n) is 9.86. The van der Waals surface area contributed by atoms with Gasteiger partial charge in [0.1, 0.15) is 47.5 Å². The Labute approximate surface area is 342 Å². The Balaban J connectivity index is 1.19. The number of carbonyl (C=O) groups excluding carboxylic acids is 2. The Morgan fingerprint density at radius 3 is 2.65 bits per heavy atom. The molecule has 10 rings (SSSR count). The normalized spacial score (nSPS) is 26.9. The third-order valence-electron chi connectivity index (χ3n) is 12.9. The average molecular weight is 838 g/mol. The standard InChI is InChI=1S/C42H47F4N7O7/c1-40-16-25(43)19-52(21-40)36-30-18-47-34(33(46)35(30)48-37(49-36)59-23-41-7-3-10-53(41)20-26(44)17-41)29-15-27(60-39(56)51-11-8-42(57,22-54)9-12-51)14-24-5-6-31(45)28(32(24)29)4-2-13-58-38(55)50-40/h5-6,14-15,18,25-26,54,57H,2-4,7-13,16-17,19-23H2,1H3,(H,50,55)/t25-,26-,40-,41+/m1/s1. The summed E-state index contributed by atoms with van der Waals surface area (Å²) < 4.78 is 81.5. The highest BCUT2D eigenvalue weighted by Crippen LogP contribution is 2.43. The zero-order valence-corrected chi connectivity index (χ0v) is 33.2. The van der Waals surface area contributed by atoms with Gasteiger partial charge in [0, 0.05) is 50.8 Å². The number of pyridine rings is 1. The quantitative estimate of drug-likeness (QED) is 0.221. The van der Waals surface area contributed by atoms with Crippen LogP contribution in [0.25, 0.3) is 32.9 Å². The van der Waals surface area contributed by atoms with Crippen molar-refractivity contribution in [3.05, 3.63) is 47.7 Å². The number of nitrogens with one attached hydrogen (secondary N) is 1. The molecule has 0 radical (unpaired) electrons. The van der Waals surface area contributed by atoms with Gasteiger partial charge in [-0.2, -0.15) is 9.97 Å². The van der Waals surface area contributed by atoms with E-state index >= 15 is 13.2 Å². The van der Waals surface area contributed by atoms with Crippen molar-refractivity contribution in [2.75, 3.05) is 64.0 Å². The smallest absolute Gasteiger partial charge is 0.415 e. The van der Waals surface area contributed by atoms with Crippen molar-refractivity contribution in [2.24, 2.45) is 0 Å². The van der Waals surface area contributed by atoms with E-state index in [0.717, 1.165) is 6.42 Å². The Morgan fingerprint density at radius 2 is 1.85 bits per heavy atom. The minimum atomic E-state index is -1.44. The van der Waals surface area contributed by atoms with Gasteiger partial charge < -0.3 is 39.5 Å². The maximum atomic E-state index is 17.6. The summed E-state index contributed by atoms with van der Waals surface area (Å²) >= 11 is 0. The van der Waals surface area contributed by atoms with Crippen molar-refractivity contribution in [3.8, 4) is 23.0 Å². The van der Waals surface area contributed by atoms with Crippen LogP contribution in [-0.2, 0) is 11.2 Å². The van der Waals surface area contributed by atoms with Crippen LogP contribution >= 0.6 is 0 Å². The van der Waals surface area contributed by atoms with E-state index in [1.54, 1.807) is 11.8 Å². The van der Waals surface area contributed by atoms with Crippen LogP contribution < -0.4 is 19.7 Å². The van der Waals surface area contributed by atoms with E-state index in [4.69, 9.17) is 14.2 Å². The fourth-order valence-corrected chi connectivity index (χ4v) is 9.86. The van der Waals surface area contributed by atoms with Crippen LogP contribution in [0.2, 0.25) is 0 Å². The summed E-state index contributed by atoms with van der Waals surface area (Å²) in [6.45, 7) is 2.29. The van der Waals surface area contributed by atoms with Crippen LogP contribution in [0.3, 0.4) is 0 Å². The molecule has 18 heteroatoms. The van der Waals surface area contributed by atoms with E-state index in [1.165, 1.54) is 35.4 Å². The van der Waals surface area contributed by atoms with Gasteiger partial charge in [0.15, 0.2) is 5.82 Å². The van der Waals surface area contributed by atoms with Gasteiger partial charge in [-0.3, -0.25) is 9.88 Å². The molecule has 2 aromatic heterocycles. The number of anilines is 1. The molecule has 2 amide bonds. The molecule has 14 nitrogen and oxygen atoms in total. The lowest BCUT2D eigenvalue weighted by Crippen LogP contribution is -2.60. The SMILES string of the molecule is C[C@@]12C[C@@H](F)CN(C1)c1nc(OC[C@@]34CCCN3C[C@H](F)C4)nc3c(F)c(ncc13)-c1cc(OC(=O)N3CCC(O)(CO)CC3)cc3ccc(F)c(c13)CCCOC(=O)N2. The number of alkyl halides is 2. The maximum absolute atomic E-state index is 17.6. The van der Waals surface area contributed by atoms with Crippen molar-refractivity contribution in [1.29, 1.82) is 0 Å². The number of aryl methyl sites for hydroxylation is 1. The third-order valence-corrected chi connectivity index (χ3v) is 12.9. The summed E-state index contributed by atoms with van der Waals surface area (Å²) in [5.74, 6) is -1.42. The first-order valence-corrected chi connectivity index (χ1v) is 20.5. The van der Waals surface area contributed by atoms with Crippen LogP contribution in [0.5, 0.6) is 11.8 Å². The number of rotatable bonds is 5. The first-order chi connectivity index (χ1) is 28.7. The molecule has 0 aliphatic carbocycles. The van der Waals surface area contributed by atoms with Gasteiger partial charge in [0.25, 0.3) is 0 Å². The number of carbonyl (C=O) groups is 2. The van der Waals surface area contributed by atoms with Crippen LogP contribution in [0.4, 0.5) is 33.0 Å². The van der Waals surface area contributed by atoms with Crippen molar-refractivity contribution in [3.63, 3.8) is 0 Å². The second-order valence-corrected chi connectivity index (χ2v) is 17.3. The van der Waals surface area contributed by atoms with Crippen LogP contribution in [0.15, 0.2) is 30.5 Å². The lowest BCUT2D eigenvalue weighted by Gasteiger charge is -2.42. The minimum Gasteiger partial charge on any atom is -0.461 e. The molecule has 6 bridgehead atoms. The molecule has 3 N–H and O–H groups in total. The number of fused-ring (bicyclic) bond motifs is 7. The summed E-state index contributed by atoms with van der Waals surface area (Å²) in [6, 6.07) is 5.44. The summed E-state index contributed by atoms with van der Waals surface area (Å²) in [4.78, 5) is 45.4. The zero-order chi connectivity index (χ0) is 42.0. The lowest BCUT2D eigenvalue weighted by molar-refractivity contribution is -0.0549. The number of benzene rings is 2. The Kier molecular flexibility index (Phi) is 10.4. The first-order valence-electron chi connectivity index (χ1n) is 20.5. The Morgan fingerprint density at radius 1 is 1.05 bits per heavy atom. The topological polar surface area (TPSA) is 163 Å². The van der Waals surface area contributed by atoms with Gasteiger partial charge in [-0.25, -0.2) is 27.2 Å². The van der Waals surface area contributed by atoms with E-state index in [-0.39, 0.29) is 135 Å². The first kappa shape index (κ1) is 40.3. The molecule has 4 aromatic rings. The van der Waals surface area contributed by atoms with Gasteiger partial charge in [-0.15, -0.1) is 0 Å². The van der Waals surface area contributed by atoms with Crippen LogP contribution in [0, 0.1) is 11.6 Å². The van der Waals surface area contributed by atoms with Crippen molar-refractivity contribution >= 4 is 39.7 Å². The predicted molar refractivity (Wildman–Crippen MR) is 211 cm³/mol. The van der Waals surface area contributed by atoms with Gasteiger partial charge in [-0.1, -0.05) is 6.07 Å². The molecule has 0 unspecified atom stereocenters. The summed E-state index contributed by atoms with van der Waals surface area (Å²) in [6.07, 6.45) is -0.355. The second-order valence-electron chi connectivity index (χ2n) is 17.3. The molecule has 4 atom stereocenters. The number of hydrogen-bond acceptors (Lipinski definition) is 12. The fraction of sp³-hybridized carbons (Fsp3) is 0.548. The van der Waals surface area contributed by atoms with Gasteiger partial charge in [-0.05, 0) is 86.5 Å². The number of likely N-dealkylation sites (tertiary alicyclic amines) is 1. The van der Waals surface area contributed by atoms with Gasteiger partial charge in [0.05, 0.1) is 41.8 Å². The third kappa shape index (κ3) is 7.50. The lowest BCUT2D eigenvalue weighted by atomic mass is 9.90. The zero-order valence-electron chi connectivity index (χ0n) is 33.2. The van der Waals surface area contributed by atoms with Crippen molar-refractivity contribution < 1.29 is 51.6 Å². The maximum Gasteiger partial charge on any atom is 0.415 e. The largest absolute Gasteiger partial charge is 0.461 e. The molecule has 6 aliphatic rings. The highest BCUT2D eigenvalue weighted by Gasteiger charge is 2.49. The summed E-state index contributed by atoms with van der Waals surface area (Å²) in [5.41, 5.74) is -3.26. The van der Waals surface area contributed by atoms with E-state index in [0.29, 0.717) is 18.4 Å². The van der Waals surface area contributed by atoms with Gasteiger partial charge in [0.2, 0.25) is 0 Å². The number of alkyl carbamates (subject to hydrolysis) is 1. The number of halogens is 4. The highest BCUT2D eigenvalue weighted by atomic mass is 19.1. The van der Waals surface area contributed by atoms with Crippen molar-refractivity contribution in [2.45, 2.75) is 87.3 Å². The molecule has 0 spiro atoms. The summed E-state index contributed by atoms with van der Waals surface area (Å²) in [7, 11) is 0. The van der Waals surface area contributed by atoms with E-state index in [1.807, 2.05) is 0 Å². The van der Waals surface area contributed by atoms with E-state index in [2.05, 4.69) is 25.2 Å².